The zero-order valence-corrected chi connectivity index (χ0v) is 18.7. The van der Waals surface area contributed by atoms with Gasteiger partial charge in [-0.2, -0.15) is 0 Å². The van der Waals surface area contributed by atoms with Crippen LogP contribution in [-0.4, -0.2) is 28.2 Å². The molecule has 3 N–H and O–H groups in total. The van der Waals surface area contributed by atoms with Crippen molar-refractivity contribution in [1.29, 1.82) is 0 Å². The molecule has 0 unspecified atom stereocenters. The van der Waals surface area contributed by atoms with Crippen molar-refractivity contribution in [3.8, 4) is 0 Å². The Bertz CT molecular complexity index is 795. The van der Waals surface area contributed by atoms with Crippen LogP contribution in [0, 0.1) is 12.7 Å². The van der Waals surface area contributed by atoms with Crippen molar-refractivity contribution in [2.24, 2.45) is 0 Å². The number of nitrogens with one attached hydrogen (secondary N) is 1. The van der Waals surface area contributed by atoms with E-state index < -0.39 is 7.60 Å². The molecule has 0 aliphatic rings. The van der Waals surface area contributed by atoms with Gasteiger partial charge in [-0.15, -0.1) is 11.8 Å². The quantitative estimate of drug-likeness (QED) is 0.225. The molecule has 2 rings (SSSR count). The van der Waals surface area contributed by atoms with Gasteiger partial charge in [0, 0.05) is 11.4 Å². The molecule has 0 aliphatic carbocycles. The SMILES string of the molecule is Cc1cc(CNCCCP(=O)(O)O)ccc1SCCCCCc1ccc(F)cc1. The summed E-state index contributed by atoms with van der Waals surface area (Å²) < 4.78 is 23.7. The summed E-state index contributed by atoms with van der Waals surface area (Å²) in [5, 5.41) is 3.23. The highest BCUT2D eigenvalue weighted by atomic mass is 32.2. The average molecular weight is 440 g/mol. The Morgan fingerprint density at radius 2 is 1.72 bits per heavy atom. The lowest BCUT2D eigenvalue weighted by molar-refractivity contribution is 0.371. The van der Waals surface area contributed by atoms with Gasteiger partial charge in [0.2, 0.25) is 0 Å². The van der Waals surface area contributed by atoms with E-state index in [2.05, 4.69) is 30.4 Å². The molecule has 0 heterocycles. The van der Waals surface area contributed by atoms with E-state index in [4.69, 9.17) is 9.79 Å². The summed E-state index contributed by atoms with van der Waals surface area (Å²) in [5.74, 6) is 0.909. The Morgan fingerprint density at radius 1 is 1.00 bits per heavy atom. The minimum atomic E-state index is -3.88. The first kappa shape index (κ1) is 24.1. The highest BCUT2D eigenvalue weighted by molar-refractivity contribution is 7.99. The smallest absolute Gasteiger partial charge is 0.324 e. The molecule has 2 aromatic rings. The Kier molecular flexibility index (Phi) is 10.4. The second-order valence-electron chi connectivity index (χ2n) is 7.30. The lowest BCUT2D eigenvalue weighted by Crippen LogP contribution is -2.15. The second-order valence-corrected chi connectivity index (χ2v) is 10.2. The first-order valence-corrected chi connectivity index (χ1v) is 12.8. The molecule has 0 bridgehead atoms. The van der Waals surface area contributed by atoms with Gasteiger partial charge in [0.1, 0.15) is 5.82 Å². The zero-order valence-electron chi connectivity index (χ0n) is 16.9. The van der Waals surface area contributed by atoms with Crippen LogP contribution in [0.15, 0.2) is 47.4 Å². The fourth-order valence-corrected chi connectivity index (χ4v) is 4.66. The monoisotopic (exact) mass is 439 g/mol. The van der Waals surface area contributed by atoms with Crippen molar-refractivity contribution in [3.05, 3.63) is 65.0 Å². The third-order valence-corrected chi connectivity index (χ3v) is 6.81. The molecular weight excluding hydrogens is 408 g/mol. The number of aryl methyl sites for hydroxylation is 2. The van der Waals surface area contributed by atoms with Crippen LogP contribution in [0.4, 0.5) is 4.39 Å². The molecular formula is C22H31FNO3PS. The number of hydrogen-bond acceptors (Lipinski definition) is 3. The maximum atomic E-state index is 12.9. The van der Waals surface area contributed by atoms with Crippen LogP contribution in [0.3, 0.4) is 0 Å². The molecule has 4 nitrogen and oxygen atoms in total. The first-order valence-electron chi connectivity index (χ1n) is 10.1. The molecule has 0 amide bonds. The maximum Gasteiger partial charge on any atom is 0.325 e. The van der Waals surface area contributed by atoms with E-state index in [1.165, 1.54) is 40.1 Å². The summed E-state index contributed by atoms with van der Waals surface area (Å²) in [4.78, 5) is 19.0. The minimum Gasteiger partial charge on any atom is -0.324 e. The van der Waals surface area contributed by atoms with Crippen molar-refractivity contribution in [1.82, 2.24) is 5.32 Å². The standard InChI is InChI=1S/C22H31FNO3PS/c1-18-16-20(17-24-13-5-14-28(25,26)27)9-12-22(18)29-15-4-2-3-6-19-7-10-21(23)11-8-19/h7-12,16,24H,2-6,13-15,17H2,1H3,(H2,25,26,27). The van der Waals surface area contributed by atoms with E-state index in [1.54, 1.807) is 0 Å². The molecule has 0 spiro atoms. The van der Waals surface area contributed by atoms with Crippen molar-refractivity contribution in [2.75, 3.05) is 18.5 Å². The van der Waals surface area contributed by atoms with Gasteiger partial charge in [-0.05, 0) is 79.8 Å². The number of rotatable bonds is 13. The van der Waals surface area contributed by atoms with Gasteiger partial charge < -0.3 is 15.1 Å². The van der Waals surface area contributed by atoms with Crippen molar-refractivity contribution < 1.29 is 18.7 Å². The molecule has 0 fully saturated rings. The fourth-order valence-electron chi connectivity index (χ4n) is 3.07. The van der Waals surface area contributed by atoms with E-state index in [-0.39, 0.29) is 12.0 Å². The fraction of sp³-hybridized carbons (Fsp3) is 0.455. The topological polar surface area (TPSA) is 69.6 Å². The largest absolute Gasteiger partial charge is 0.325 e. The summed E-state index contributed by atoms with van der Waals surface area (Å²) in [6.07, 6.45) is 4.85. The summed E-state index contributed by atoms with van der Waals surface area (Å²) in [6.45, 7) is 3.42. The Balaban J connectivity index is 1.60. The molecule has 0 radical (unpaired) electrons. The number of unbranched alkanes of at least 4 members (excludes halogenated alkanes) is 2. The molecule has 29 heavy (non-hydrogen) atoms. The maximum absolute atomic E-state index is 12.9. The van der Waals surface area contributed by atoms with E-state index in [1.807, 2.05) is 23.9 Å². The lowest BCUT2D eigenvalue weighted by atomic mass is 10.1. The molecule has 0 aliphatic heterocycles. The summed E-state index contributed by atoms with van der Waals surface area (Å²) in [5.41, 5.74) is 3.64. The Hall–Kier alpha value is -1.17. The average Bonchev–Trinajstić information content (AvgIpc) is 2.66. The number of hydrogen-bond donors (Lipinski definition) is 3. The van der Waals surface area contributed by atoms with Crippen LogP contribution in [0.25, 0.3) is 0 Å². The van der Waals surface area contributed by atoms with Crippen molar-refractivity contribution in [2.45, 2.75) is 50.5 Å². The van der Waals surface area contributed by atoms with Crippen LogP contribution >= 0.6 is 19.4 Å². The van der Waals surface area contributed by atoms with Crippen LogP contribution in [-0.2, 0) is 17.5 Å². The minimum absolute atomic E-state index is 0.0709. The van der Waals surface area contributed by atoms with Gasteiger partial charge in [0.15, 0.2) is 0 Å². The van der Waals surface area contributed by atoms with E-state index >= 15 is 0 Å². The molecule has 0 aromatic heterocycles. The van der Waals surface area contributed by atoms with Gasteiger partial charge >= 0.3 is 7.60 Å². The van der Waals surface area contributed by atoms with Gasteiger partial charge in [0.05, 0.1) is 6.16 Å². The van der Waals surface area contributed by atoms with Crippen LogP contribution in [0.2, 0.25) is 0 Å². The third-order valence-electron chi connectivity index (χ3n) is 4.65. The van der Waals surface area contributed by atoms with Crippen molar-refractivity contribution >= 4 is 19.4 Å². The van der Waals surface area contributed by atoms with E-state index in [0.29, 0.717) is 19.5 Å². The summed E-state index contributed by atoms with van der Waals surface area (Å²) in [6, 6.07) is 13.2. The van der Waals surface area contributed by atoms with Gasteiger partial charge in [-0.25, -0.2) is 4.39 Å². The predicted octanol–water partition coefficient (Wildman–Crippen LogP) is 5.30. The van der Waals surface area contributed by atoms with Gasteiger partial charge in [-0.1, -0.05) is 30.7 Å². The summed E-state index contributed by atoms with van der Waals surface area (Å²) >= 11 is 1.88. The molecule has 160 valence electrons. The number of halogens is 1. The highest BCUT2D eigenvalue weighted by Gasteiger charge is 2.11. The number of benzene rings is 2. The number of thioether (sulfide) groups is 1. The normalized spacial score (nSPS) is 11.7. The predicted molar refractivity (Wildman–Crippen MR) is 119 cm³/mol. The highest BCUT2D eigenvalue weighted by Crippen LogP contribution is 2.34. The van der Waals surface area contributed by atoms with E-state index in [0.717, 1.165) is 25.0 Å². The molecule has 0 saturated carbocycles. The second kappa shape index (κ2) is 12.5. The van der Waals surface area contributed by atoms with Crippen LogP contribution in [0.5, 0.6) is 0 Å². The van der Waals surface area contributed by atoms with Gasteiger partial charge in [0.25, 0.3) is 0 Å². The first-order chi connectivity index (χ1) is 13.8. The lowest BCUT2D eigenvalue weighted by Gasteiger charge is -2.10. The van der Waals surface area contributed by atoms with Crippen LogP contribution in [0.1, 0.15) is 42.4 Å². The van der Waals surface area contributed by atoms with Gasteiger partial charge in [-0.3, -0.25) is 4.57 Å². The summed E-state index contributed by atoms with van der Waals surface area (Å²) in [7, 11) is -3.88. The zero-order chi connectivity index (χ0) is 21.1. The van der Waals surface area contributed by atoms with Crippen molar-refractivity contribution in [3.63, 3.8) is 0 Å². The molecule has 7 heteroatoms. The molecule has 2 aromatic carbocycles. The van der Waals surface area contributed by atoms with Crippen LogP contribution < -0.4 is 5.32 Å². The van der Waals surface area contributed by atoms with E-state index in [9.17, 15) is 8.96 Å². The molecule has 0 saturated heterocycles. The third kappa shape index (κ3) is 10.4. The Labute approximate surface area is 177 Å². The Morgan fingerprint density at radius 3 is 2.41 bits per heavy atom. The molecule has 0 atom stereocenters.